The molecule has 0 bridgehead atoms. The lowest BCUT2D eigenvalue weighted by Crippen LogP contribution is -3.00. The fourth-order valence-corrected chi connectivity index (χ4v) is 10.9. The molecule has 8 rings (SSSR count). The van der Waals surface area contributed by atoms with E-state index in [1.54, 1.807) is 9.80 Å². The van der Waals surface area contributed by atoms with Crippen molar-refractivity contribution in [2.24, 2.45) is 0 Å². The van der Waals surface area contributed by atoms with Crippen molar-refractivity contribution in [3.8, 4) is 11.4 Å². The second kappa shape index (κ2) is 29.9. The van der Waals surface area contributed by atoms with E-state index in [0.29, 0.717) is 24.5 Å². The van der Waals surface area contributed by atoms with Gasteiger partial charge in [0.2, 0.25) is 33.4 Å². The van der Waals surface area contributed by atoms with Crippen molar-refractivity contribution < 1.29 is 72.1 Å². The highest BCUT2D eigenvalue weighted by Gasteiger charge is 2.31. The zero-order valence-electron chi connectivity index (χ0n) is 55.6. The third kappa shape index (κ3) is 18.9. The van der Waals surface area contributed by atoms with Crippen molar-refractivity contribution in [3.63, 3.8) is 0 Å². The number of halogens is 2. The van der Waals surface area contributed by atoms with Crippen LogP contribution in [0.5, 0.6) is 0 Å². The molecular weight excluding hydrogens is 1180 g/mol. The van der Waals surface area contributed by atoms with E-state index < -0.39 is 46.8 Å². The summed E-state index contributed by atoms with van der Waals surface area (Å²) >= 11 is 0. The van der Waals surface area contributed by atoms with Crippen LogP contribution in [0.2, 0.25) is 0 Å². The summed E-state index contributed by atoms with van der Waals surface area (Å²) in [6, 6.07) is 36.0. The fraction of sp³-hybridized carbons (Fsp3) is 0.444. The van der Waals surface area contributed by atoms with Gasteiger partial charge in [-0.3, -0.25) is 20.4 Å². The summed E-state index contributed by atoms with van der Waals surface area (Å²) in [5.41, 5.74) is 11.4. The molecule has 0 spiro atoms. The zero-order valence-corrected chi connectivity index (χ0v) is 57.1. The molecule has 18 heteroatoms. The number of benzene rings is 6. The minimum absolute atomic E-state index is 0. The number of unbranched alkanes of at least 4 members (excludes halogenated alkanes) is 9. The highest BCUT2D eigenvalue weighted by Crippen LogP contribution is 2.34. The summed E-state index contributed by atoms with van der Waals surface area (Å²) in [5.74, 6) is 0. The molecule has 6 aromatic carbocycles. The largest absolute Gasteiger partial charge is 1.00 e. The van der Waals surface area contributed by atoms with Gasteiger partial charge >= 0.3 is 24.4 Å². The number of anilines is 4. The van der Waals surface area contributed by atoms with E-state index in [0.717, 1.165) is 153 Å². The Morgan fingerprint density at radius 1 is 0.389 bits per heavy atom. The van der Waals surface area contributed by atoms with Crippen molar-refractivity contribution in [1.29, 1.82) is 0 Å². The highest BCUT2D eigenvalue weighted by molar-refractivity contribution is 5.97. The molecule has 0 unspecified atom stereocenters. The van der Waals surface area contributed by atoms with E-state index in [4.69, 9.17) is 28.9 Å². The molecule has 0 atom stereocenters. The summed E-state index contributed by atoms with van der Waals surface area (Å²) in [6.07, 6.45) is 8.07. The van der Waals surface area contributed by atoms with Gasteiger partial charge < -0.3 is 43.8 Å². The van der Waals surface area contributed by atoms with Crippen molar-refractivity contribution in [2.45, 2.75) is 197 Å². The van der Waals surface area contributed by atoms with Gasteiger partial charge in [0.15, 0.2) is 0 Å². The van der Waals surface area contributed by atoms with Crippen LogP contribution in [0.1, 0.15) is 170 Å². The van der Waals surface area contributed by atoms with Crippen LogP contribution in [0.15, 0.2) is 109 Å². The molecule has 2 N–H and O–H groups in total. The topological polar surface area (TPSA) is 169 Å². The third-order valence-electron chi connectivity index (χ3n) is 14.8. The van der Waals surface area contributed by atoms with E-state index in [9.17, 15) is 19.2 Å². The lowest BCUT2D eigenvalue weighted by Gasteiger charge is -2.28. The van der Waals surface area contributed by atoms with Gasteiger partial charge in [-0.1, -0.05) is 87.8 Å². The number of fused-ring (bicyclic) bond motifs is 4. The standard InChI is InChI=1S/C72H90N8O8.2ClH/c1-47-39-55-61(43-53(47)75-65(81)85-69(5,6)7)79(51-33-27-25-28-34-51)63-45-59(49(3)41-57(63)73-55)77(67(83)87-71(11,12)13)37-31-23-21-19-17-18-20-22-24-32-38-78(68(84)88-72(14,15)16)60-46-64-58(42-50(60)4)74-56-40-48(2)54(76-66(82)86-70(8,9)10)44-62(56)80(64)52-35-29-26-30-36-52;;/h25-30,33-36,39-46H,17-24,31-32,37-38H2,1-16H3;2*1H. The Kier molecular flexibility index (Phi) is 23.7. The average molecular weight is 1270 g/mol. The van der Waals surface area contributed by atoms with E-state index in [2.05, 4.69) is 19.8 Å². The molecule has 16 nitrogen and oxygen atoms in total. The first kappa shape index (κ1) is 71.3. The molecule has 4 amide bonds. The van der Waals surface area contributed by atoms with Crippen LogP contribution < -0.4 is 54.4 Å². The number of amides is 4. The van der Waals surface area contributed by atoms with Gasteiger partial charge in [0.05, 0.1) is 22.7 Å². The molecule has 0 saturated carbocycles. The Bertz CT molecular complexity index is 3600. The predicted molar refractivity (Wildman–Crippen MR) is 354 cm³/mol. The van der Waals surface area contributed by atoms with Crippen molar-refractivity contribution in [1.82, 2.24) is 9.97 Å². The Labute approximate surface area is 544 Å². The molecule has 2 aromatic heterocycles. The maximum atomic E-state index is 14.2. The number of ether oxygens (including phenoxy) is 4. The van der Waals surface area contributed by atoms with Crippen LogP contribution in [0.25, 0.3) is 55.5 Å². The van der Waals surface area contributed by atoms with E-state index in [-0.39, 0.29) is 24.8 Å². The first-order chi connectivity index (χ1) is 41.4. The SMILES string of the molecule is Cc1cc2nc3cc(C)c(N(CCCCCCCCCCCCN(C(=O)OC(C)(C)C)c4cc5c(cc4C)nc4cc(C)c(NC(=O)OC(C)(C)C)cc4[n+]5-c4ccccc4)C(=O)OC(C)(C)C)cc3[n+](-c3ccccc3)c2cc1NC(=O)OC(C)(C)C.[Cl-].[Cl-]. The van der Waals surface area contributed by atoms with Crippen LogP contribution in [-0.2, 0) is 18.9 Å². The first-order valence-electron chi connectivity index (χ1n) is 31.2. The minimum Gasteiger partial charge on any atom is -1.00 e. The summed E-state index contributed by atoms with van der Waals surface area (Å²) < 4.78 is 27.6. The molecule has 2 heterocycles. The zero-order chi connectivity index (χ0) is 63.9. The number of rotatable bonds is 19. The molecule has 0 aliphatic heterocycles. The second-order valence-corrected chi connectivity index (χ2v) is 27.2. The second-order valence-electron chi connectivity index (χ2n) is 27.2. The van der Waals surface area contributed by atoms with Gasteiger partial charge in [0, 0.05) is 61.6 Å². The summed E-state index contributed by atoms with van der Waals surface area (Å²) in [5, 5.41) is 5.91. The molecule has 90 heavy (non-hydrogen) atoms. The van der Waals surface area contributed by atoms with E-state index in [1.165, 1.54) is 0 Å². The predicted octanol–water partition coefficient (Wildman–Crippen LogP) is 11.7. The average Bonchev–Trinajstić information content (AvgIpc) is 1.02. The quantitative estimate of drug-likeness (QED) is 0.0344. The van der Waals surface area contributed by atoms with Crippen LogP contribution in [0, 0.1) is 27.7 Å². The summed E-state index contributed by atoms with van der Waals surface area (Å²) in [6.45, 7) is 31.2. The Balaban J connectivity index is 0.00000645. The normalized spacial score (nSPS) is 11.9. The molecule has 0 radical (unpaired) electrons. The minimum atomic E-state index is -0.705. The van der Waals surface area contributed by atoms with E-state index >= 15 is 0 Å². The first-order valence-corrected chi connectivity index (χ1v) is 31.2. The number of aromatic nitrogens is 4. The number of nitrogens with zero attached hydrogens (tertiary/aromatic N) is 6. The number of carbonyl (C=O) groups excluding carboxylic acids is 4. The third-order valence-corrected chi connectivity index (χ3v) is 14.8. The highest BCUT2D eigenvalue weighted by atomic mass is 35.5. The number of nitrogens with one attached hydrogen (secondary N) is 2. The summed E-state index contributed by atoms with van der Waals surface area (Å²) in [4.78, 5) is 68.4. The lowest BCUT2D eigenvalue weighted by molar-refractivity contribution is -0.538. The van der Waals surface area contributed by atoms with Crippen molar-refractivity contribution in [2.75, 3.05) is 33.5 Å². The van der Waals surface area contributed by atoms with Crippen LogP contribution in [-0.4, -0.2) is 69.8 Å². The Morgan fingerprint density at radius 2 is 0.667 bits per heavy atom. The molecular formula is C72H92Cl2N8O8. The smallest absolute Gasteiger partial charge is 0.414 e. The monoisotopic (exact) mass is 1270 g/mol. The Hall–Kier alpha value is -7.82. The fourth-order valence-electron chi connectivity index (χ4n) is 10.9. The Morgan fingerprint density at radius 3 is 0.967 bits per heavy atom. The van der Waals surface area contributed by atoms with Gasteiger partial charge in [0.1, 0.15) is 44.5 Å². The number of carbonyl (C=O) groups is 4. The molecule has 0 saturated heterocycles. The van der Waals surface area contributed by atoms with Crippen LogP contribution >= 0.6 is 0 Å². The number of aryl methyl sites for hydroxylation is 4. The van der Waals surface area contributed by atoms with E-state index in [1.807, 2.05) is 220 Å². The number of hydrogen-bond acceptors (Lipinski definition) is 10. The summed E-state index contributed by atoms with van der Waals surface area (Å²) in [7, 11) is 0. The molecule has 0 aliphatic carbocycles. The van der Waals surface area contributed by atoms with Crippen molar-refractivity contribution in [3.05, 3.63) is 131 Å². The maximum Gasteiger partial charge on any atom is 0.414 e. The van der Waals surface area contributed by atoms with Gasteiger partial charge in [0.25, 0.3) is 0 Å². The van der Waals surface area contributed by atoms with Gasteiger partial charge in [-0.05, 0) is 170 Å². The van der Waals surface area contributed by atoms with Gasteiger partial charge in [-0.15, -0.1) is 9.13 Å². The number of para-hydroxylation sites is 2. The molecule has 0 aliphatic rings. The van der Waals surface area contributed by atoms with Crippen LogP contribution in [0.3, 0.4) is 0 Å². The van der Waals surface area contributed by atoms with Gasteiger partial charge in [-0.25, -0.2) is 29.1 Å². The van der Waals surface area contributed by atoms with Gasteiger partial charge in [-0.2, -0.15) is 0 Å². The van der Waals surface area contributed by atoms with Crippen LogP contribution in [0.4, 0.5) is 41.9 Å². The lowest BCUT2D eigenvalue weighted by atomic mass is 10.1. The molecule has 0 fully saturated rings. The maximum absolute atomic E-state index is 14.2. The van der Waals surface area contributed by atoms with Crippen molar-refractivity contribution >= 4 is 91.3 Å². The number of hydrogen-bond donors (Lipinski definition) is 2. The molecule has 8 aromatic rings. The molecule has 482 valence electrons.